The Labute approximate surface area is 138 Å². The molecule has 7 heteroatoms. The number of hydrogen-bond donors (Lipinski definition) is 2. The van der Waals surface area contributed by atoms with Crippen molar-refractivity contribution in [2.24, 2.45) is 0 Å². The van der Waals surface area contributed by atoms with E-state index in [1.165, 1.54) is 7.11 Å². The predicted molar refractivity (Wildman–Crippen MR) is 85.5 cm³/mol. The summed E-state index contributed by atoms with van der Waals surface area (Å²) in [6.45, 7) is -0.242. The third-order valence-electron chi connectivity index (χ3n) is 2.85. The largest absolute Gasteiger partial charge is 0.496 e. The van der Waals surface area contributed by atoms with E-state index in [1.807, 2.05) is 0 Å². The van der Waals surface area contributed by atoms with E-state index in [0.29, 0.717) is 22.1 Å². The van der Waals surface area contributed by atoms with Gasteiger partial charge >= 0.3 is 0 Å². The van der Waals surface area contributed by atoms with Gasteiger partial charge in [0.2, 0.25) is 0 Å². The van der Waals surface area contributed by atoms with Gasteiger partial charge in [-0.1, -0.05) is 23.7 Å². The fourth-order valence-corrected chi connectivity index (χ4v) is 1.87. The van der Waals surface area contributed by atoms with Crippen molar-refractivity contribution in [1.29, 1.82) is 0 Å². The van der Waals surface area contributed by atoms with Gasteiger partial charge in [0.05, 0.1) is 12.7 Å². The van der Waals surface area contributed by atoms with Crippen LogP contribution in [0.3, 0.4) is 0 Å². The number of hydrazine groups is 1. The van der Waals surface area contributed by atoms with Gasteiger partial charge in [0.1, 0.15) is 11.5 Å². The average Bonchev–Trinajstić information content (AvgIpc) is 2.59. The second-order valence-corrected chi connectivity index (χ2v) is 4.88. The van der Waals surface area contributed by atoms with Crippen LogP contribution in [0.15, 0.2) is 48.5 Å². The fraction of sp³-hybridized carbons (Fsp3) is 0.125. The molecule has 0 radical (unpaired) electrons. The maximum atomic E-state index is 12.0. The molecule has 0 aliphatic heterocycles. The van der Waals surface area contributed by atoms with E-state index < -0.39 is 11.8 Å². The number of nitrogens with one attached hydrogen (secondary N) is 2. The monoisotopic (exact) mass is 334 g/mol. The maximum absolute atomic E-state index is 12.0. The molecule has 2 N–H and O–H groups in total. The molecule has 0 saturated carbocycles. The number of benzene rings is 2. The quantitative estimate of drug-likeness (QED) is 0.822. The van der Waals surface area contributed by atoms with Crippen molar-refractivity contribution >= 4 is 23.4 Å². The molecule has 0 fully saturated rings. The summed E-state index contributed by atoms with van der Waals surface area (Å²) >= 11 is 5.75. The van der Waals surface area contributed by atoms with E-state index >= 15 is 0 Å². The zero-order valence-corrected chi connectivity index (χ0v) is 13.1. The highest BCUT2D eigenvalue weighted by Crippen LogP contribution is 2.16. The lowest BCUT2D eigenvalue weighted by Gasteiger charge is -2.10. The molecule has 0 spiro atoms. The molecule has 0 bridgehead atoms. The average molecular weight is 335 g/mol. The summed E-state index contributed by atoms with van der Waals surface area (Å²) in [6, 6.07) is 13.3. The van der Waals surface area contributed by atoms with Gasteiger partial charge in [0.25, 0.3) is 11.8 Å². The van der Waals surface area contributed by atoms with Gasteiger partial charge < -0.3 is 9.47 Å². The third kappa shape index (κ3) is 4.89. The van der Waals surface area contributed by atoms with Crippen LogP contribution in [0, 0.1) is 0 Å². The lowest BCUT2D eigenvalue weighted by atomic mass is 10.2. The van der Waals surface area contributed by atoms with Gasteiger partial charge in [-0.05, 0) is 36.4 Å². The second kappa shape index (κ2) is 8.05. The van der Waals surface area contributed by atoms with Crippen molar-refractivity contribution in [3.05, 3.63) is 59.1 Å². The minimum atomic E-state index is -0.497. The number of halogens is 1. The van der Waals surface area contributed by atoms with E-state index in [4.69, 9.17) is 21.1 Å². The van der Waals surface area contributed by atoms with E-state index in [9.17, 15) is 9.59 Å². The van der Waals surface area contributed by atoms with Crippen LogP contribution in [-0.4, -0.2) is 25.5 Å². The van der Waals surface area contributed by atoms with Gasteiger partial charge in [-0.25, -0.2) is 0 Å². The molecular formula is C16H15ClN2O4. The molecule has 0 aliphatic rings. The number of methoxy groups -OCH3 is 1. The minimum Gasteiger partial charge on any atom is -0.496 e. The first kappa shape index (κ1) is 16.6. The summed E-state index contributed by atoms with van der Waals surface area (Å²) in [5.74, 6) is -0.0669. The van der Waals surface area contributed by atoms with Gasteiger partial charge in [-0.2, -0.15) is 0 Å². The number of carbonyl (C=O) groups is 2. The first-order valence-electron chi connectivity index (χ1n) is 6.70. The Morgan fingerprint density at radius 1 is 1.04 bits per heavy atom. The number of hydrogen-bond acceptors (Lipinski definition) is 4. The molecule has 2 aromatic rings. The fourth-order valence-electron chi connectivity index (χ4n) is 1.74. The molecule has 0 heterocycles. The second-order valence-electron chi connectivity index (χ2n) is 4.45. The maximum Gasteiger partial charge on any atom is 0.276 e. The summed E-state index contributed by atoms with van der Waals surface area (Å²) in [6.07, 6.45) is 0. The van der Waals surface area contributed by atoms with E-state index in [0.717, 1.165) is 0 Å². The number of ether oxygens (including phenoxy) is 2. The molecule has 23 heavy (non-hydrogen) atoms. The number of carbonyl (C=O) groups excluding carboxylic acids is 2. The first-order valence-corrected chi connectivity index (χ1v) is 7.08. The predicted octanol–water partition coefficient (Wildman–Crippen LogP) is 2.19. The van der Waals surface area contributed by atoms with E-state index in [-0.39, 0.29) is 6.61 Å². The van der Waals surface area contributed by atoms with Crippen LogP contribution in [0.5, 0.6) is 11.5 Å². The molecule has 2 amide bonds. The van der Waals surface area contributed by atoms with Crippen LogP contribution in [0.4, 0.5) is 0 Å². The van der Waals surface area contributed by atoms with Gasteiger partial charge in [0.15, 0.2) is 6.61 Å². The molecule has 6 nitrogen and oxygen atoms in total. The van der Waals surface area contributed by atoms with Gasteiger partial charge in [-0.3, -0.25) is 20.4 Å². The van der Waals surface area contributed by atoms with Crippen molar-refractivity contribution < 1.29 is 19.1 Å². The summed E-state index contributed by atoms with van der Waals surface area (Å²) in [4.78, 5) is 23.6. The normalized spacial score (nSPS) is 9.83. The van der Waals surface area contributed by atoms with Gasteiger partial charge in [-0.15, -0.1) is 0 Å². The Balaban J connectivity index is 1.82. The number of rotatable bonds is 5. The Hall–Kier alpha value is -2.73. The molecule has 2 aromatic carbocycles. The molecule has 0 aliphatic carbocycles. The summed E-state index contributed by atoms with van der Waals surface area (Å²) in [7, 11) is 1.46. The molecule has 0 aromatic heterocycles. The van der Waals surface area contributed by atoms with Crippen molar-refractivity contribution in [2.75, 3.05) is 13.7 Å². The SMILES string of the molecule is COc1ccccc1C(=O)NNC(=O)COc1ccc(Cl)cc1. The topological polar surface area (TPSA) is 76.7 Å². The Kier molecular flexibility index (Phi) is 5.82. The van der Waals surface area contributed by atoms with Crippen molar-refractivity contribution in [2.45, 2.75) is 0 Å². The summed E-state index contributed by atoms with van der Waals surface area (Å²) < 4.78 is 10.3. The molecule has 0 unspecified atom stereocenters. The molecule has 2 rings (SSSR count). The number of para-hydroxylation sites is 1. The Bertz CT molecular complexity index is 689. The Morgan fingerprint density at radius 3 is 2.43 bits per heavy atom. The summed E-state index contributed by atoms with van der Waals surface area (Å²) in [5.41, 5.74) is 4.88. The molecular weight excluding hydrogens is 320 g/mol. The smallest absolute Gasteiger partial charge is 0.276 e. The van der Waals surface area contributed by atoms with Gasteiger partial charge in [0, 0.05) is 5.02 Å². The van der Waals surface area contributed by atoms with Crippen molar-refractivity contribution in [3.8, 4) is 11.5 Å². The highest BCUT2D eigenvalue weighted by Gasteiger charge is 2.12. The Morgan fingerprint density at radius 2 is 1.74 bits per heavy atom. The number of amides is 2. The van der Waals surface area contributed by atoms with Crippen LogP contribution in [-0.2, 0) is 4.79 Å². The lowest BCUT2D eigenvalue weighted by molar-refractivity contribution is -0.123. The van der Waals surface area contributed by atoms with Crippen LogP contribution < -0.4 is 20.3 Å². The van der Waals surface area contributed by atoms with Crippen LogP contribution in [0.25, 0.3) is 0 Å². The third-order valence-corrected chi connectivity index (χ3v) is 3.10. The highest BCUT2D eigenvalue weighted by atomic mass is 35.5. The summed E-state index contributed by atoms with van der Waals surface area (Å²) in [5, 5.41) is 0.575. The van der Waals surface area contributed by atoms with E-state index in [2.05, 4.69) is 10.9 Å². The van der Waals surface area contributed by atoms with Crippen molar-refractivity contribution in [3.63, 3.8) is 0 Å². The van der Waals surface area contributed by atoms with Crippen LogP contribution in [0.2, 0.25) is 5.02 Å². The molecule has 120 valence electrons. The molecule has 0 saturated heterocycles. The van der Waals surface area contributed by atoms with E-state index in [1.54, 1.807) is 48.5 Å². The molecule has 0 atom stereocenters. The first-order chi connectivity index (χ1) is 11.1. The van der Waals surface area contributed by atoms with Crippen molar-refractivity contribution in [1.82, 2.24) is 10.9 Å². The van der Waals surface area contributed by atoms with Crippen LogP contribution in [0.1, 0.15) is 10.4 Å². The standard InChI is InChI=1S/C16H15ClN2O4/c1-22-14-5-3-2-4-13(14)16(21)19-18-15(20)10-23-12-8-6-11(17)7-9-12/h2-9H,10H2,1H3,(H,18,20)(H,19,21). The zero-order valence-electron chi connectivity index (χ0n) is 12.3. The minimum absolute atomic E-state index is 0.242. The lowest BCUT2D eigenvalue weighted by Crippen LogP contribution is -2.43. The van der Waals surface area contributed by atoms with Crippen LogP contribution >= 0.6 is 11.6 Å². The zero-order chi connectivity index (χ0) is 16.7. The highest BCUT2D eigenvalue weighted by molar-refractivity contribution is 6.30.